The highest BCUT2D eigenvalue weighted by molar-refractivity contribution is 6.06. The fraction of sp³-hybridized carbons (Fsp3) is 0.381. The van der Waals surface area contributed by atoms with Crippen LogP contribution in [0.2, 0.25) is 0 Å². The second-order valence-electron chi connectivity index (χ2n) is 7.57. The molecule has 0 bridgehead atoms. The van der Waals surface area contributed by atoms with Crippen molar-refractivity contribution in [1.29, 1.82) is 0 Å². The Morgan fingerprint density at radius 2 is 1.83 bits per heavy atom. The van der Waals surface area contributed by atoms with Crippen LogP contribution >= 0.6 is 0 Å². The number of nitro groups is 1. The molecule has 1 saturated carbocycles. The van der Waals surface area contributed by atoms with Gasteiger partial charge in [0.25, 0.3) is 11.6 Å². The van der Waals surface area contributed by atoms with Crippen molar-refractivity contribution in [3.05, 3.63) is 57.9 Å². The third-order valence-corrected chi connectivity index (χ3v) is 5.30. The number of hydrogen-bond donors (Lipinski definition) is 2. The van der Waals surface area contributed by atoms with Gasteiger partial charge in [0.15, 0.2) is 0 Å². The topological polar surface area (TPSA) is 87.5 Å². The van der Waals surface area contributed by atoms with Gasteiger partial charge in [-0.15, -0.1) is 0 Å². The summed E-state index contributed by atoms with van der Waals surface area (Å²) < 4.78 is 13.9. The number of nitrogens with zero attached hydrogens (tertiary/aromatic N) is 2. The Morgan fingerprint density at radius 1 is 1.07 bits per heavy atom. The highest BCUT2D eigenvalue weighted by atomic mass is 19.1. The fourth-order valence-corrected chi connectivity index (χ4v) is 3.61. The number of amides is 1. The summed E-state index contributed by atoms with van der Waals surface area (Å²) in [6.45, 7) is 1.70. The van der Waals surface area contributed by atoms with E-state index in [1.807, 2.05) is 0 Å². The van der Waals surface area contributed by atoms with Crippen LogP contribution in [0.4, 0.5) is 27.1 Å². The molecule has 7 nitrogen and oxygen atoms in total. The van der Waals surface area contributed by atoms with Gasteiger partial charge in [-0.25, -0.2) is 4.39 Å². The largest absolute Gasteiger partial charge is 0.377 e. The van der Waals surface area contributed by atoms with Crippen molar-refractivity contribution in [3.8, 4) is 0 Å². The first-order valence-electron chi connectivity index (χ1n) is 9.92. The SMILES string of the molecule is O=C(Nc1cc(F)ccc1N1CCCCC1)c1ccc(NC2CC2)c([N+](=O)[O-])c1. The Hall–Kier alpha value is -3.16. The van der Waals surface area contributed by atoms with Gasteiger partial charge in [0, 0.05) is 30.8 Å². The van der Waals surface area contributed by atoms with Crippen molar-refractivity contribution >= 4 is 28.7 Å². The molecule has 1 amide bonds. The molecule has 2 aromatic rings. The lowest BCUT2D eigenvalue weighted by Crippen LogP contribution is -2.30. The minimum atomic E-state index is -0.505. The highest BCUT2D eigenvalue weighted by Crippen LogP contribution is 2.33. The Labute approximate surface area is 168 Å². The van der Waals surface area contributed by atoms with Crippen LogP contribution in [0.15, 0.2) is 36.4 Å². The molecule has 1 saturated heterocycles. The predicted octanol–water partition coefficient (Wildman–Crippen LogP) is 4.55. The molecule has 1 aliphatic heterocycles. The second kappa shape index (κ2) is 8.06. The van der Waals surface area contributed by atoms with E-state index in [2.05, 4.69) is 15.5 Å². The first-order chi connectivity index (χ1) is 14.0. The third kappa shape index (κ3) is 4.47. The summed E-state index contributed by atoms with van der Waals surface area (Å²) in [6.07, 6.45) is 5.22. The van der Waals surface area contributed by atoms with Crippen LogP contribution in [0.1, 0.15) is 42.5 Å². The Balaban J connectivity index is 1.58. The molecule has 0 unspecified atom stereocenters. The number of anilines is 3. The van der Waals surface area contributed by atoms with Gasteiger partial charge in [0.05, 0.1) is 16.3 Å². The van der Waals surface area contributed by atoms with Gasteiger partial charge in [-0.2, -0.15) is 0 Å². The average molecular weight is 398 g/mol. The average Bonchev–Trinajstić information content (AvgIpc) is 3.53. The Kier molecular flexibility index (Phi) is 5.33. The number of halogens is 1. The monoisotopic (exact) mass is 398 g/mol. The van der Waals surface area contributed by atoms with E-state index >= 15 is 0 Å². The molecule has 0 atom stereocenters. The van der Waals surface area contributed by atoms with E-state index in [0.717, 1.165) is 50.9 Å². The van der Waals surface area contributed by atoms with Gasteiger partial charge in [-0.05, 0) is 62.4 Å². The van der Waals surface area contributed by atoms with Crippen molar-refractivity contribution in [3.63, 3.8) is 0 Å². The molecule has 2 aromatic carbocycles. The number of rotatable bonds is 6. The molecule has 152 valence electrons. The lowest BCUT2D eigenvalue weighted by molar-refractivity contribution is -0.384. The summed E-state index contributed by atoms with van der Waals surface area (Å²) in [7, 11) is 0. The zero-order chi connectivity index (χ0) is 20.4. The van der Waals surface area contributed by atoms with Crippen molar-refractivity contribution in [2.75, 3.05) is 28.6 Å². The molecular weight excluding hydrogens is 375 g/mol. The lowest BCUT2D eigenvalue weighted by Gasteiger charge is -2.30. The summed E-state index contributed by atoms with van der Waals surface area (Å²) >= 11 is 0. The van der Waals surface area contributed by atoms with E-state index in [1.165, 1.54) is 18.2 Å². The number of nitrogens with one attached hydrogen (secondary N) is 2. The molecule has 29 heavy (non-hydrogen) atoms. The van der Waals surface area contributed by atoms with E-state index < -0.39 is 16.6 Å². The molecule has 2 fully saturated rings. The van der Waals surface area contributed by atoms with Crippen LogP contribution < -0.4 is 15.5 Å². The van der Waals surface area contributed by atoms with Crippen molar-refractivity contribution in [2.45, 2.75) is 38.1 Å². The van der Waals surface area contributed by atoms with Gasteiger partial charge in [0.2, 0.25) is 0 Å². The quantitative estimate of drug-likeness (QED) is 0.551. The zero-order valence-electron chi connectivity index (χ0n) is 16.0. The molecule has 2 aliphatic rings. The molecule has 8 heteroatoms. The molecule has 0 spiro atoms. The summed E-state index contributed by atoms with van der Waals surface area (Å²) in [4.78, 5) is 25.9. The first-order valence-corrected chi connectivity index (χ1v) is 9.92. The van der Waals surface area contributed by atoms with E-state index in [4.69, 9.17) is 0 Å². The number of benzene rings is 2. The van der Waals surface area contributed by atoms with E-state index in [0.29, 0.717) is 11.4 Å². The number of hydrogen-bond acceptors (Lipinski definition) is 5. The van der Waals surface area contributed by atoms with Gasteiger partial charge in [-0.3, -0.25) is 14.9 Å². The number of carbonyl (C=O) groups excluding carboxylic acids is 1. The van der Waals surface area contributed by atoms with Crippen LogP contribution in [0.5, 0.6) is 0 Å². The van der Waals surface area contributed by atoms with Crippen LogP contribution in [-0.4, -0.2) is 30.0 Å². The lowest BCUT2D eigenvalue weighted by atomic mass is 10.1. The molecule has 0 aromatic heterocycles. The minimum absolute atomic E-state index is 0.139. The van der Waals surface area contributed by atoms with Crippen molar-refractivity contribution in [1.82, 2.24) is 0 Å². The maximum absolute atomic E-state index is 13.9. The smallest absolute Gasteiger partial charge is 0.293 e. The molecule has 1 heterocycles. The summed E-state index contributed by atoms with van der Waals surface area (Å²) in [5, 5.41) is 17.3. The zero-order valence-corrected chi connectivity index (χ0v) is 16.0. The maximum atomic E-state index is 13.9. The van der Waals surface area contributed by atoms with Crippen molar-refractivity contribution < 1.29 is 14.1 Å². The normalized spacial score (nSPS) is 16.4. The van der Waals surface area contributed by atoms with Crippen LogP contribution in [0.3, 0.4) is 0 Å². The van der Waals surface area contributed by atoms with Gasteiger partial charge in [-0.1, -0.05) is 0 Å². The van der Waals surface area contributed by atoms with E-state index in [9.17, 15) is 19.3 Å². The number of piperidine rings is 1. The van der Waals surface area contributed by atoms with Crippen LogP contribution in [0, 0.1) is 15.9 Å². The van der Waals surface area contributed by atoms with E-state index in [-0.39, 0.29) is 17.3 Å². The standard InChI is InChI=1S/C21H23FN4O3/c22-15-5-9-19(25-10-2-1-3-11-25)18(13-15)24-21(27)14-4-8-17(23-16-6-7-16)20(12-14)26(28)29/h4-5,8-9,12-13,16,23H,1-3,6-7,10-11H2,(H,24,27). The number of nitro benzene ring substituents is 1. The summed E-state index contributed by atoms with van der Waals surface area (Å²) in [6, 6.07) is 8.96. The van der Waals surface area contributed by atoms with Gasteiger partial charge < -0.3 is 15.5 Å². The molecule has 0 radical (unpaired) electrons. The minimum Gasteiger partial charge on any atom is -0.377 e. The fourth-order valence-electron chi connectivity index (χ4n) is 3.61. The third-order valence-electron chi connectivity index (χ3n) is 5.30. The van der Waals surface area contributed by atoms with E-state index in [1.54, 1.807) is 18.2 Å². The van der Waals surface area contributed by atoms with Gasteiger partial charge >= 0.3 is 0 Å². The first kappa shape index (κ1) is 19.2. The van der Waals surface area contributed by atoms with Gasteiger partial charge in [0.1, 0.15) is 11.5 Å². The molecule has 4 rings (SSSR count). The highest BCUT2D eigenvalue weighted by Gasteiger charge is 2.26. The van der Waals surface area contributed by atoms with Crippen molar-refractivity contribution in [2.24, 2.45) is 0 Å². The molecular formula is C21H23FN4O3. The maximum Gasteiger partial charge on any atom is 0.293 e. The molecule has 1 aliphatic carbocycles. The van der Waals surface area contributed by atoms with Crippen LogP contribution in [-0.2, 0) is 0 Å². The summed E-state index contributed by atoms with van der Waals surface area (Å²) in [5.74, 6) is -0.953. The Morgan fingerprint density at radius 3 is 2.52 bits per heavy atom. The number of carbonyl (C=O) groups is 1. The second-order valence-corrected chi connectivity index (χ2v) is 7.57. The predicted molar refractivity (Wildman–Crippen MR) is 110 cm³/mol. The Bertz CT molecular complexity index is 940. The molecule has 2 N–H and O–H groups in total. The summed E-state index contributed by atoms with van der Waals surface area (Å²) in [5.41, 5.74) is 1.57. The van der Waals surface area contributed by atoms with Crippen LogP contribution in [0.25, 0.3) is 0 Å².